The Bertz CT molecular complexity index is 867. The van der Waals surface area contributed by atoms with Gasteiger partial charge in [0.2, 0.25) is 0 Å². The van der Waals surface area contributed by atoms with Crippen LogP contribution in [0.4, 0.5) is 4.39 Å². The van der Waals surface area contributed by atoms with Crippen LogP contribution in [0.1, 0.15) is 11.3 Å². The predicted molar refractivity (Wildman–Crippen MR) is 80.7 cm³/mol. The first kappa shape index (κ1) is 14.2. The molecular weight excluding hydrogens is 303 g/mol. The molecule has 0 saturated heterocycles. The number of rotatable bonds is 3. The maximum absolute atomic E-state index is 13.5. The van der Waals surface area contributed by atoms with E-state index < -0.39 is 0 Å². The maximum Gasteiger partial charge on any atom is 0.190 e. The summed E-state index contributed by atoms with van der Waals surface area (Å²) in [6, 6.07) is 15.3. The van der Waals surface area contributed by atoms with Crippen molar-refractivity contribution in [1.29, 1.82) is 5.26 Å². The second-order valence-electron chi connectivity index (χ2n) is 4.70. The molecule has 0 amide bonds. The van der Waals surface area contributed by atoms with Crippen LogP contribution >= 0.6 is 11.6 Å². The Labute approximate surface area is 131 Å². The highest BCUT2D eigenvalue weighted by atomic mass is 35.5. The van der Waals surface area contributed by atoms with E-state index in [9.17, 15) is 9.65 Å². The number of nitriles is 1. The Morgan fingerprint density at radius 1 is 1.18 bits per heavy atom. The van der Waals surface area contributed by atoms with E-state index in [0.717, 1.165) is 5.56 Å². The zero-order valence-corrected chi connectivity index (χ0v) is 12.1. The zero-order valence-electron chi connectivity index (χ0n) is 11.4. The van der Waals surface area contributed by atoms with Crippen molar-refractivity contribution in [2.75, 3.05) is 0 Å². The van der Waals surface area contributed by atoms with Crippen molar-refractivity contribution in [1.82, 2.24) is 15.0 Å². The average molecular weight is 313 g/mol. The van der Waals surface area contributed by atoms with Gasteiger partial charge in [-0.3, -0.25) is 0 Å². The minimum Gasteiger partial charge on any atom is -0.239 e. The van der Waals surface area contributed by atoms with Crippen LogP contribution in [0, 0.1) is 17.1 Å². The average Bonchev–Trinajstić information content (AvgIpc) is 2.90. The molecule has 4 nitrogen and oxygen atoms in total. The van der Waals surface area contributed by atoms with Gasteiger partial charge in [-0.15, -0.1) is 5.10 Å². The first-order chi connectivity index (χ1) is 10.7. The van der Waals surface area contributed by atoms with E-state index in [1.54, 1.807) is 22.9 Å². The van der Waals surface area contributed by atoms with Crippen LogP contribution in [0.15, 0.2) is 48.5 Å². The molecule has 1 aromatic heterocycles. The smallest absolute Gasteiger partial charge is 0.190 e. The van der Waals surface area contributed by atoms with Gasteiger partial charge in [-0.25, -0.2) is 9.07 Å². The van der Waals surface area contributed by atoms with Crippen molar-refractivity contribution in [2.24, 2.45) is 0 Å². The minimum atomic E-state index is -0.378. The van der Waals surface area contributed by atoms with Crippen LogP contribution in [0.25, 0.3) is 11.3 Å². The highest BCUT2D eigenvalue weighted by molar-refractivity contribution is 6.30. The molecule has 0 atom stereocenters. The molecule has 108 valence electrons. The molecule has 0 radical (unpaired) electrons. The van der Waals surface area contributed by atoms with Gasteiger partial charge in [0.05, 0.1) is 6.54 Å². The fourth-order valence-electron chi connectivity index (χ4n) is 2.23. The number of aromatic nitrogens is 3. The summed E-state index contributed by atoms with van der Waals surface area (Å²) in [5.74, 6) is -0.378. The van der Waals surface area contributed by atoms with Crippen molar-refractivity contribution in [3.63, 3.8) is 0 Å². The van der Waals surface area contributed by atoms with Gasteiger partial charge in [-0.05, 0) is 29.8 Å². The van der Waals surface area contributed by atoms with Crippen molar-refractivity contribution >= 4 is 11.6 Å². The molecule has 3 rings (SSSR count). The van der Waals surface area contributed by atoms with Crippen LogP contribution in [-0.4, -0.2) is 15.0 Å². The molecule has 0 saturated carbocycles. The maximum atomic E-state index is 13.5. The molecule has 6 heteroatoms. The Morgan fingerprint density at radius 3 is 2.73 bits per heavy atom. The Morgan fingerprint density at radius 2 is 2.00 bits per heavy atom. The second-order valence-corrected chi connectivity index (χ2v) is 5.13. The van der Waals surface area contributed by atoms with Crippen molar-refractivity contribution in [3.05, 3.63) is 70.6 Å². The monoisotopic (exact) mass is 312 g/mol. The number of hydrogen-bond donors (Lipinski definition) is 0. The fraction of sp³-hybridized carbons (Fsp3) is 0.0625. The number of nitrogens with zero attached hydrogens (tertiary/aromatic N) is 4. The molecule has 0 N–H and O–H groups in total. The zero-order chi connectivity index (χ0) is 15.5. The highest BCUT2D eigenvalue weighted by Gasteiger charge is 2.15. The Kier molecular flexibility index (Phi) is 3.86. The largest absolute Gasteiger partial charge is 0.239 e. The number of benzene rings is 2. The second kappa shape index (κ2) is 5.96. The van der Waals surface area contributed by atoms with Gasteiger partial charge < -0.3 is 0 Å². The summed E-state index contributed by atoms with van der Waals surface area (Å²) in [6.07, 6.45) is 0. The summed E-state index contributed by atoms with van der Waals surface area (Å²) in [5.41, 5.74) is 2.12. The van der Waals surface area contributed by atoms with E-state index in [-0.39, 0.29) is 11.5 Å². The summed E-state index contributed by atoms with van der Waals surface area (Å²) in [5, 5.41) is 17.7. The molecular formula is C16H10ClFN4. The molecule has 0 aliphatic rings. The lowest BCUT2D eigenvalue weighted by Gasteiger charge is -2.07. The van der Waals surface area contributed by atoms with Crippen molar-refractivity contribution < 1.29 is 4.39 Å². The van der Waals surface area contributed by atoms with Gasteiger partial charge in [0.25, 0.3) is 0 Å². The van der Waals surface area contributed by atoms with Gasteiger partial charge >= 0.3 is 0 Å². The van der Waals surface area contributed by atoms with E-state index in [4.69, 9.17) is 11.6 Å². The SMILES string of the molecule is N#Cc1nnn(Cc2cccc(Cl)c2)c1-c1cccc(F)c1. The lowest BCUT2D eigenvalue weighted by Crippen LogP contribution is -2.04. The summed E-state index contributed by atoms with van der Waals surface area (Å²) >= 11 is 5.97. The molecule has 0 bridgehead atoms. The van der Waals surface area contributed by atoms with Crippen LogP contribution in [0.5, 0.6) is 0 Å². The van der Waals surface area contributed by atoms with E-state index in [2.05, 4.69) is 10.3 Å². The quantitative estimate of drug-likeness (QED) is 0.741. The van der Waals surface area contributed by atoms with Crippen LogP contribution in [-0.2, 0) is 6.54 Å². The molecule has 0 unspecified atom stereocenters. The summed E-state index contributed by atoms with van der Waals surface area (Å²) in [7, 11) is 0. The lowest BCUT2D eigenvalue weighted by atomic mass is 10.1. The number of halogens is 2. The number of hydrogen-bond acceptors (Lipinski definition) is 3. The van der Waals surface area contributed by atoms with Crippen molar-refractivity contribution in [2.45, 2.75) is 6.54 Å². The first-order valence-electron chi connectivity index (χ1n) is 6.51. The summed E-state index contributed by atoms with van der Waals surface area (Å²) in [4.78, 5) is 0. The Hall–Kier alpha value is -2.71. The van der Waals surface area contributed by atoms with Gasteiger partial charge in [0.1, 0.15) is 17.6 Å². The molecule has 0 fully saturated rings. The van der Waals surface area contributed by atoms with E-state index in [1.807, 2.05) is 24.3 Å². The van der Waals surface area contributed by atoms with Crippen LogP contribution in [0.2, 0.25) is 5.02 Å². The van der Waals surface area contributed by atoms with E-state index >= 15 is 0 Å². The molecule has 22 heavy (non-hydrogen) atoms. The molecule has 0 aliphatic carbocycles. The third-order valence-corrected chi connectivity index (χ3v) is 3.40. The van der Waals surface area contributed by atoms with E-state index in [1.165, 1.54) is 12.1 Å². The molecule has 1 heterocycles. The predicted octanol–water partition coefficient (Wildman–Crippen LogP) is 3.66. The van der Waals surface area contributed by atoms with Gasteiger partial charge in [-0.2, -0.15) is 5.26 Å². The minimum absolute atomic E-state index is 0.160. The summed E-state index contributed by atoms with van der Waals surface area (Å²) < 4.78 is 15.0. The summed E-state index contributed by atoms with van der Waals surface area (Å²) in [6.45, 7) is 0.390. The molecule has 0 spiro atoms. The first-order valence-corrected chi connectivity index (χ1v) is 6.89. The normalized spacial score (nSPS) is 10.4. The molecule has 0 aliphatic heterocycles. The van der Waals surface area contributed by atoms with Gasteiger partial charge in [0, 0.05) is 10.6 Å². The van der Waals surface area contributed by atoms with Gasteiger partial charge in [-0.1, -0.05) is 41.1 Å². The Balaban J connectivity index is 2.06. The molecule has 2 aromatic carbocycles. The fourth-order valence-corrected chi connectivity index (χ4v) is 2.44. The lowest BCUT2D eigenvalue weighted by molar-refractivity contribution is 0.626. The van der Waals surface area contributed by atoms with Crippen LogP contribution in [0.3, 0.4) is 0 Å². The topological polar surface area (TPSA) is 54.5 Å². The highest BCUT2D eigenvalue weighted by Crippen LogP contribution is 2.24. The third kappa shape index (κ3) is 2.83. The van der Waals surface area contributed by atoms with E-state index in [0.29, 0.717) is 22.8 Å². The van der Waals surface area contributed by atoms with Crippen molar-refractivity contribution in [3.8, 4) is 17.3 Å². The van der Waals surface area contributed by atoms with Crippen LogP contribution < -0.4 is 0 Å². The third-order valence-electron chi connectivity index (χ3n) is 3.16. The van der Waals surface area contributed by atoms with Gasteiger partial charge in [0.15, 0.2) is 5.69 Å². The standard InChI is InChI=1S/C16H10ClFN4/c17-13-5-1-3-11(7-13)10-22-16(15(9-19)20-21-22)12-4-2-6-14(18)8-12/h1-8H,10H2. The molecule has 3 aromatic rings.